The molecule has 0 saturated carbocycles. The topological polar surface area (TPSA) is 109 Å². The van der Waals surface area contributed by atoms with Gasteiger partial charge < -0.3 is 19.9 Å². The fourth-order valence-corrected chi connectivity index (χ4v) is 5.47. The first-order chi connectivity index (χ1) is 13.7. The molecule has 2 saturated heterocycles. The van der Waals surface area contributed by atoms with Gasteiger partial charge in [-0.2, -0.15) is 0 Å². The molecule has 1 aromatic heterocycles. The van der Waals surface area contributed by atoms with Crippen molar-refractivity contribution in [2.24, 2.45) is 0 Å². The van der Waals surface area contributed by atoms with Crippen LogP contribution in [-0.4, -0.2) is 60.3 Å². The molecule has 2 fully saturated rings. The van der Waals surface area contributed by atoms with Crippen LogP contribution in [0.15, 0.2) is 48.7 Å². The number of fused-ring (bicyclic) bond motifs is 1. The molecule has 8 nitrogen and oxygen atoms in total. The zero-order valence-electron chi connectivity index (χ0n) is 15.7. The normalized spacial score (nSPS) is 24.6. The number of carboxylic acid groups (broad SMARTS) is 1. The molecule has 0 bridgehead atoms. The summed E-state index contributed by atoms with van der Waals surface area (Å²) >= 11 is 1.31. The maximum absolute atomic E-state index is 12.7. The molecule has 2 N–H and O–H groups in total. The number of carbonyl (C=O) groups is 4. The van der Waals surface area contributed by atoms with E-state index in [9.17, 15) is 24.3 Å². The molecule has 0 radical (unpaired) electrons. The quantitative estimate of drug-likeness (QED) is 0.434. The standard InChI is InChI=1S/C20H19N3O5S/c1-20(2)15(19(27)28)23-17(26)13(18(23)29-20)21-16(25)14(24)12-9-6-10-22(12)11-7-4-3-5-8-11/h3-10,13,15,18H,1-2H3,(H,21,25)(H,27,28)/t13-,15+,18?/m1/s1. The van der Waals surface area contributed by atoms with Crippen LogP contribution >= 0.6 is 11.8 Å². The van der Waals surface area contributed by atoms with E-state index in [1.807, 2.05) is 30.3 Å². The molecular formula is C20H19N3O5S. The molecule has 3 atom stereocenters. The Kier molecular flexibility index (Phi) is 4.49. The van der Waals surface area contributed by atoms with Crippen LogP contribution in [0.2, 0.25) is 0 Å². The lowest BCUT2D eigenvalue weighted by Crippen LogP contribution is -2.71. The van der Waals surface area contributed by atoms with Crippen LogP contribution in [0.4, 0.5) is 0 Å². The van der Waals surface area contributed by atoms with Crippen molar-refractivity contribution in [2.45, 2.75) is 36.1 Å². The molecule has 2 amide bonds. The number of nitrogens with zero attached hydrogens (tertiary/aromatic N) is 2. The number of nitrogens with one attached hydrogen (secondary N) is 1. The molecule has 2 aromatic rings. The molecule has 0 aliphatic carbocycles. The number of carbonyl (C=O) groups excluding carboxylic acids is 3. The minimum absolute atomic E-state index is 0.181. The summed E-state index contributed by atoms with van der Waals surface area (Å²) in [4.78, 5) is 50.6. The Morgan fingerprint density at radius 1 is 1.10 bits per heavy atom. The number of β-lactam (4-membered cyclic amide) rings is 1. The third-order valence-electron chi connectivity index (χ3n) is 5.18. The molecule has 29 heavy (non-hydrogen) atoms. The molecule has 9 heteroatoms. The second kappa shape index (κ2) is 6.77. The number of para-hydroxylation sites is 1. The summed E-state index contributed by atoms with van der Waals surface area (Å²) in [7, 11) is 0. The van der Waals surface area contributed by atoms with Crippen LogP contribution in [-0.2, 0) is 14.4 Å². The molecule has 150 valence electrons. The fourth-order valence-electron chi connectivity index (χ4n) is 3.85. The Balaban J connectivity index is 1.51. The first-order valence-corrected chi connectivity index (χ1v) is 9.91. The molecule has 1 aromatic carbocycles. The summed E-state index contributed by atoms with van der Waals surface area (Å²) in [6, 6.07) is 10.4. The summed E-state index contributed by atoms with van der Waals surface area (Å²) in [6.07, 6.45) is 1.68. The molecule has 0 spiro atoms. The van der Waals surface area contributed by atoms with Crippen molar-refractivity contribution in [3.05, 3.63) is 54.4 Å². The number of carboxylic acids is 1. The second-order valence-corrected chi connectivity index (χ2v) is 9.25. The van der Waals surface area contributed by atoms with Crippen LogP contribution in [0, 0.1) is 0 Å². The van der Waals surface area contributed by atoms with Gasteiger partial charge in [0.05, 0.1) is 5.69 Å². The van der Waals surface area contributed by atoms with Gasteiger partial charge in [-0.1, -0.05) is 18.2 Å². The van der Waals surface area contributed by atoms with Gasteiger partial charge in [0.2, 0.25) is 5.91 Å². The SMILES string of the molecule is CC1(C)SC2[C@H](NC(=O)C(=O)c3cccn3-c3ccccc3)C(=O)N2[C@H]1C(=O)O. The first-order valence-electron chi connectivity index (χ1n) is 9.03. The summed E-state index contributed by atoms with van der Waals surface area (Å²) in [6.45, 7) is 3.50. The molecule has 2 aliphatic rings. The Morgan fingerprint density at radius 3 is 2.45 bits per heavy atom. The largest absolute Gasteiger partial charge is 0.480 e. The van der Waals surface area contributed by atoms with Crippen LogP contribution in [0.25, 0.3) is 5.69 Å². The number of aliphatic carboxylic acids is 1. The zero-order chi connectivity index (χ0) is 20.9. The number of benzene rings is 1. The predicted octanol–water partition coefficient (Wildman–Crippen LogP) is 1.29. The van der Waals surface area contributed by atoms with Gasteiger partial charge in [-0.3, -0.25) is 14.4 Å². The van der Waals surface area contributed by atoms with Gasteiger partial charge in [0.15, 0.2) is 0 Å². The Morgan fingerprint density at radius 2 is 1.79 bits per heavy atom. The number of Topliss-reactive ketones (excluding diaryl/α,β-unsaturated/α-hetero) is 1. The molecule has 4 rings (SSSR count). The number of thioether (sulfide) groups is 1. The van der Waals surface area contributed by atoms with E-state index in [4.69, 9.17) is 0 Å². The van der Waals surface area contributed by atoms with Crippen molar-refractivity contribution in [3.8, 4) is 5.69 Å². The fraction of sp³-hybridized carbons (Fsp3) is 0.300. The second-order valence-electron chi connectivity index (χ2n) is 7.48. The van der Waals surface area contributed by atoms with E-state index >= 15 is 0 Å². The van der Waals surface area contributed by atoms with E-state index in [2.05, 4.69) is 5.32 Å². The van der Waals surface area contributed by atoms with E-state index in [0.717, 1.165) is 5.69 Å². The molecular weight excluding hydrogens is 394 g/mol. The van der Waals surface area contributed by atoms with Crippen molar-refractivity contribution in [1.82, 2.24) is 14.8 Å². The maximum Gasteiger partial charge on any atom is 0.327 e. The van der Waals surface area contributed by atoms with Crippen molar-refractivity contribution in [1.29, 1.82) is 0 Å². The lowest BCUT2D eigenvalue weighted by molar-refractivity contribution is -0.160. The van der Waals surface area contributed by atoms with Crippen molar-refractivity contribution in [2.75, 3.05) is 0 Å². The van der Waals surface area contributed by atoms with Gasteiger partial charge in [-0.25, -0.2) is 4.79 Å². The van der Waals surface area contributed by atoms with E-state index in [-0.39, 0.29) is 5.69 Å². The summed E-state index contributed by atoms with van der Waals surface area (Å²) in [5, 5.41) is 11.4. The first kappa shape index (κ1) is 19.3. The maximum atomic E-state index is 12.7. The highest BCUT2D eigenvalue weighted by Gasteiger charge is 2.64. The van der Waals surface area contributed by atoms with E-state index in [1.165, 1.54) is 22.7 Å². The van der Waals surface area contributed by atoms with E-state index in [1.54, 1.807) is 30.7 Å². The Hall–Kier alpha value is -3.07. The average Bonchev–Trinajstić information content (AvgIpc) is 3.26. The monoisotopic (exact) mass is 413 g/mol. The number of ketones is 1. The minimum Gasteiger partial charge on any atom is -0.480 e. The minimum atomic E-state index is -1.08. The highest BCUT2D eigenvalue weighted by atomic mass is 32.2. The van der Waals surface area contributed by atoms with Crippen LogP contribution in [0.3, 0.4) is 0 Å². The molecule has 2 aliphatic heterocycles. The Labute approximate surface area is 170 Å². The van der Waals surface area contributed by atoms with Gasteiger partial charge in [0.25, 0.3) is 11.7 Å². The molecule has 3 heterocycles. The number of rotatable bonds is 5. The lowest BCUT2D eigenvalue weighted by Gasteiger charge is -2.43. The van der Waals surface area contributed by atoms with Gasteiger partial charge >= 0.3 is 5.97 Å². The van der Waals surface area contributed by atoms with Crippen molar-refractivity contribution < 1.29 is 24.3 Å². The molecule has 1 unspecified atom stereocenters. The van der Waals surface area contributed by atoms with E-state index < -0.39 is 45.8 Å². The van der Waals surface area contributed by atoms with Crippen LogP contribution < -0.4 is 5.32 Å². The zero-order valence-corrected chi connectivity index (χ0v) is 16.6. The van der Waals surface area contributed by atoms with Crippen molar-refractivity contribution in [3.63, 3.8) is 0 Å². The third kappa shape index (κ3) is 3.02. The third-order valence-corrected chi connectivity index (χ3v) is 6.76. The summed E-state index contributed by atoms with van der Waals surface area (Å²) in [5.74, 6) is -3.22. The number of hydrogen-bond donors (Lipinski definition) is 2. The number of amides is 2. The van der Waals surface area contributed by atoms with Crippen LogP contribution in [0.5, 0.6) is 0 Å². The van der Waals surface area contributed by atoms with Crippen molar-refractivity contribution >= 4 is 35.3 Å². The summed E-state index contributed by atoms with van der Waals surface area (Å²) in [5.41, 5.74) is 0.914. The van der Waals surface area contributed by atoms with Crippen LogP contribution in [0.1, 0.15) is 24.3 Å². The van der Waals surface area contributed by atoms with Gasteiger partial charge in [0, 0.05) is 16.6 Å². The smallest absolute Gasteiger partial charge is 0.327 e. The highest BCUT2D eigenvalue weighted by molar-refractivity contribution is 8.01. The van der Waals surface area contributed by atoms with Gasteiger partial charge in [0.1, 0.15) is 17.5 Å². The Bertz CT molecular complexity index is 1020. The number of aromatic nitrogens is 1. The highest BCUT2D eigenvalue weighted by Crippen LogP contribution is 2.50. The summed E-state index contributed by atoms with van der Waals surface area (Å²) < 4.78 is 0.905. The average molecular weight is 413 g/mol. The lowest BCUT2D eigenvalue weighted by atomic mass is 9.96. The predicted molar refractivity (Wildman–Crippen MR) is 106 cm³/mol. The number of hydrogen-bond acceptors (Lipinski definition) is 5. The van der Waals surface area contributed by atoms with Gasteiger partial charge in [-0.05, 0) is 38.1 Å². The van der Waals surface area contributed by atoms with Gasteiger partial charge in [-0.15, -0.1) is 11.8 Å². The van der Waals surface area contributed by atoms with E-state index in [0.29, 0.717) is 0 Å².